The zero-order valence-electron chi connectivity index (χ0n) is 21.7. The Morgan fingerprint density at radius 3 is 2.37 bits per heavy atom. The molecule has 10 heteroatoms. The molecule has 4 heterocycles. The van der Waals surface area contributed by atoms with Gasteiger partial charge < -0.3 is 20.9 Å². The molecule has 2 atom stereocenters. The summed E-state index contributed by atoms with van der Waals surface area (Å²) in [6, 6.07) is 17.6. The minimum absolute atomic E-state index is 0.0777. The van der Waals surface area contributed by atoms with E-state index in [1.807, 2.05) is 54.3 Å². The lowest BCUT2D eigenvalue weighted by molar-refractivity contribution is 0.176. The van der Waals surface area contributed by atoms with E-state index in [4.69, 9.17) is 0 Å². The van der Waals surface area contributed by atoms with Crippen molar-refractivity contribution in [2.24, 2.45) is 0 Å². The third-order valence-corrected chi connectivity index (χ3v) is 6.15. The molecule has 3 N–H and O–H groups in total. The molecule has 0 saturated carbocycles. The number of nitrogens with one attached hydrogen (secondary N) is 3. The normalized spacial score (nSPS) is 17.2. The average molecular weight is 510 g/mol. The van der Waals surface area contributed by atoms with Gasteiger partial charge in [-0.1, -0.05) is 18.2 Å². The Labute approximate surface area is 222 Å². The molecule has 0 aliphatic carbocycles. The molecule has 5 rings (SSSR count). The Morgan fingerprint density at radius 2 is 1.63 bits per heavy atom. The van der Waals surface area contributed by atoms with Crippen molar-refractivity contribution >= 4 is 23.4 Å². The van der Waals surface area contributed by atoms with Crippen molar-refractivity contribution in [2.75, 3.05) is 23.7 Å². The highest BCUT2D eigenvalue weighted by atomic mass is 16.2. The predicted octanol–water partition coefficient (Wildman–Crippen LogP) is 4.19. The van der Waals surface area contributed by atoms with Crippen LogP contribution < -0.4 is 16.0 Å². The number of pyridine rings is 1. The first-order chi connectivity index (χ1) is 18.4. The predicted molar refractivity (Wildman–Crippen MR) is 147 cm³/mol. The number of urea groups is 1. The lowest BCUT2D eigenvalue weighted by Gasteiger charge is -2.36. The first kappa shape index (κ1) is 25.2. The number of amides is 2. The Balaban J connectivity index is 1.21. The molecule has 1 aliphatic heterocycles. The number of aromatic nitrogens is 5. The topological polar surface area (TPSA) is 121 Å². The molecule has 1 fully saturated rings. The molecule has 4 aromatic rings. The van der Waals surface area contributed by atoms with E-state index in [1.165, 1.54) is 0 Å². The maximum atomic E-state index is 12.7. The largest absolute Gasteiger partial charge is 0.325 e. The molecule has 3 aromatic heterocycles. The summed E-state index contributed by atoms with van der Waals surface area (Å²) in [7, 11) is 0. The first-order valence-corrected chi connectivity index (χ1v) is 12.7. The Morgan fingerprint density at radius 1 is 0.921 bits per heavy atom. The van der Waals surface area contributed by atoms with Crippen molar-refractivity contribution in [1.29, 1.82) is 0 Å². The quantitative estimate of drug-likeness (QED) is 0.354. The molecule has 1 aromatic carbocycles. The van der Waals surface area contributed by atoms with Gasteiger partial charge in [-0.25, -0.2) is 29.7 Å². The number of carbonyl (C=O) groups excluding carboxylic acids is 1. The van der Waals surface area contributed by atoms with Gasteiger partial charge in [-0.2, -0.15) is 0 Å². The molecule has 0 bridgehead atoms. The van der Waals surface area contributed by atoms with E-state index in [1.54, 1.807) is 24.5 Å². The smallest absolute Gasteiger partial charge is 0.321 e. The van der Waals surface area contributed by atoms with Crippen LogP contribution in [0.4, 0.5) is 22.1 Å². The number of aryl methyl sites for hydroxylation is 1. The van der Waals surface area contributed by atoms with Crippen LogP contribution in [0, 0.1) is 6.92 Å². The number of hydrogen-bond acceptors (Lipinski definition) is 8. The molecule has 38 heavy (non-hydrogen) atoms. The second-order valence-corrected chi connectivity index (χ2v) is 9.59. The summed E-state index contributed by atoms with van der Waals surface area (Å²) >= 11 is 0. The summed E-state index contributed by atoms with van der Waals surface area (Å²) in [6.45, 7) is 7.49. The fourth-order valence-electron chi connectivity index (χ4n) is 4.49. The number of piperazine rings is 1. The van der Waals surface area contributed by atoms with Crippen LogP contribution in [-0.4, -0.2) is 61.0 Å². The molecular formula is C28H31N9O. The van der Waals surface area contributed by atoms with Crippen LogP contribution in [0.25, 0.3) is 11.5 Å². The number of nitrogens with zero attached hydrogens (tertiary/aromatic N) is 6. The van der Waals surface area contributed by atoms with Gasteiger partial charge in [0.25, 0.3) is 0 Å². The van der Waals surface area contributed by atoms with Crippen molar-refractivity contribution in [3.63, 3.8) is 0 Å². The Kier molecular flexibility index (Phi) is 7.50. The van der Waals surface area contributed by atoms with E-state index in [-0.39, 0.29) is 18.1 Å². The third kappa shape index (κ3) is 6.46. The number of benzene rings is 1. The van der Waals surface area contributed by atoms with Crippen LogP contribution in [0.2, 0.25) is 0 Å². The molecule has 194 valence electrons. The lowest BCUT2D eigenvalue weighted by atomic mass is 10.1. The van der Waals surface area contributed by atoms with E-state index in [0.29, 0.717) is 48.5 Å². The first-order valence-electron chi connectivity index (χ1n) is 12.7. The van der Waals surface area contributed by atoms with Gasteiger partial charge >= 0.3 is 6.03 Å². The van der Waals surface area contributed by atoms with E-state index in [9.17, 15) is 4.79 Å². The van der Waals surface area contributed by atoms with E-state index in [0.717, 1.165) is 16.9 Å². The van der Waals surface area contributed by atoms with Gasteiger partial charge in [0.2, 0.25) is 0 Å². The standard InChI is InChI=1S/C28H31N9O/c1-18-5-4-6-23(32-18)27-30-14-12-25(36-27)34-24-11-13-29-26(35-24)15-21-7-9-22(10-8-21)33-28(38)37-16-19(2)31-20(3)17-37/h4-14,19-20,31H,15-17H2,1-3H3,(H,33,38)(H,29,30,34,35,36)/t19-,20+. The molecule has 0 unspecified atom stereocenters. The molecule has 1 aliphatic rings. The zero-order chi connectivity index (χ0) is 26.5. The molecular weight excluding hydrogens is 478 g/mol. The highest BCUT2D eigenvalue weighted by Crippen LogP contribution is 2.18. The van der Waals surface area contributed by atoms with Gasteiger partial charge in [0.05, 0.1) is 0 Å². The summed E-state index contributed by atoms with van der Waals surface area (Å²) in [5.41, 5.74) is 3.42. The monoisotopic (exact) mass is 509 g/mol. The summed E-state index contributed by atoms with van der Waals surface area (Å²) in [5, 5.41) is 9.68. The van der Waals surface area contributed by atoms with Gasteiger partial charge in [0.1, 0.15) is 23.2 Å². The molecule has 2 amide bonds. The molecule has 0 spiro atoms. The maximum Gasteiger partial charge on any atom is 0.321 e. The SMILES string of the molecule is Cc1cccc(-c2nccc(Nc3ccnc(Cc4ccc(NC(=O)N5C[C@@H](C)N[C@@H](C)C5)cc4)n3)n2)n1. The number of carbonyl (C=O) groups is 1. The summed E-state index contributed by atoms with van der Waals surface area (Å²) in [6.07, 6.45) is 3.97. The minimum atomic E-state index is -0.0777. The number of hydrogen-bond donors (Lipinski definition) is 3. The van der Waals surface area contributed by atoms with Gasteiger partial charge in [0.15, 0.2) is 5.82 Å². The average Bonchev–Trinajstić information content (AvgIpc) is 2.90. The molecule has 0 radical (unpaired) electrons. The fourth-order valence-corrected chi connectivity index (χ4v) is 4.49. The summed E-state index contributed by atoms with van der Waals surface area (Å²) < 4.78 is 0. The number of rotatable bonds is 6. The van der Waals surface area contributed by atoms with Crippen LogP contribution in [0.3, 0.4) is 0 Å². The van der Waals surface area contributed by atoms with Crippen molar-refractivity contribution in [2.45, 2.75) is 39.3 Å². The molecule has 10 nitrogen and oxygen atoms in total. The van der Waals surface area contributed by atoms with E-state index >= 15 is 0 Å². The minimum Gasteiger partial charge on any atom is -0.325 e. The van der Waals surface area contributed by atoms with Crippen LogP contribution in [-0.2, 0) is 6.42 Å². The van der Waals surface area contributed by atoms with Crippen molar-refractivity contribution in [3.8, 4) is 11.5 Å². The van der Waals surface area contributed by atoms with Crippen LogP contribution in [0.15, 0.2) is 67.0 Å². The Bertz CT molecular complexity index is 1400. The van der Waals surface area contributed by atoms with Gasteiger partial charge in [-0.15, -0.1) is 0 Å². The summed E-state index contributed by atoms with van der Waals surface area (Å²) in [5.74, 6) is 2.47. The molecule has 1 saturated heterocycles. The van der Waals surface area contributed by atoms with Crippen LogP contribution >= 0.6 is 0 Å². The highest BCUT2D eigenvalue weighted by Gasteiger charge is 2.24. The van der Waals surface area contributed by atoms with Crippen molar-refractivity contribution < 1.29 is 4.79 Å². The lowest BCUT2D eigenvalue weighted by Crippen LogP contribution is -2.56. The van der Waals surface area contributed by atoms with Crippen molar-refractivity contribution in [1.82, 2.24) is 35.1 Å². The second-order valence-electron chi connectivity index (χ2n) is 9.59. The van der Waals surface area contributed by atoms with Crippen LogP contribution in [0.1, 0.15) is 30.9 Å². The fraction of sp³-hybridized carbons (Fsp3) is 0.286. The maximum absolute atomic E-state index is 12.7. The van der Waals surface area contributed by atoms with Crippen molar-refractivity contribution in [3.05, 3.63) is 84.1 Å². The van der Waals surface area contributed by atoms with Gasteiger partial charge in [0, 0.05) is 55.4 Å². The van der Waals surface area contributed by atoms with Crippen LogP contribution in [0.5, 0.6) is 0 Å². The van der Waals surface area contributed by atoms with E-state index in [2.05, 4.69) is 54.7 Å². The Hall–Kier alpha value is -4.44. The highest BCUT2D eigenvalue weighted by molar-refractivity contribution is 5.89. The van der Waals surface area contributed by atoms with Gasteiger partial charge in [-0.05, 0) is 62.7 Å². The number of anilines is 3. The zero-order valence-corrected chi connectivity index (χ0v) is 21.7. The third-order valence-electron chi connectivity index (χ3n) is 6.15. The van der Waals surface area contributed by atoms with E-state index < -0.39 is 0 Å². The second kappa shape index (κ2) is 11.3. The summed E-state index contributed by atoms with van der Waals surface area (Å²) in [4.78, 5) is 37.0. The van der Waals surface area contributed by atoms with Gasteiger partial charge in [-0.3, -0.25) is 0 Å².